The molecule has 154 valence electrons. The lowest BCUT2D eigenvalue weighted by molar-refractivity contribution is 0.585. The fourth-order valence-electron chi connectivity index (χ4n) is 3.40. The molecule has 0 radical (unpaired) electrons. The zero-order chi connectivity index (χ0) is 21.5. The van der Waals surface area contributed by atoms with Crippen LogP contribution in [0.2, 0.25) is 0 Å². The maximum atomic E-state index is 13.9. The van der Waals surface area contributed by atoms with Crippen LogP contribution in [-0.4, -0.2) is 18.2 Å². The Bertz CT molecular complexity index is 1170. The van der Waals surface area contributed by atoms with Gasteiger partial charge in [0.1, 0.15) is 5.82 Å². The number of nitrogens with one attached hydrogen (secondary N) is 1. The SMILES string of the molecule is Cc1c(C)c(C)c(S(=O)(=O)Nc2nn(Cc3ccccc3F)cc2Br)c(C)c1C. The second kappa shape index (κ2) is 7.91. The summed E-state index contributed by atoms with van der Waals surface area (Å²) in [7, 11) is -3.86. The number of sulfonamides is 1. The van der Waals surface area contributed by atoms with Crippen LogP contribution in [0.3, 0.4) is 0 Å². The largest absolute Gasteiger partial charge is 0.265 e. The van der Waals surface area contributed by atoms with Crippen LogP contribution in [0.1, 0.15) is 33.4 Å². The lowest BCUT2D eigenvalue weighted by Crippen LogP contribution is -2.18. The molecule has 1 aromatic heterocycles. The minimum Gasteiger partial charge on any atom is -0.265 e. The molecule has 0 fully saturated rings. The molecule has 0 unspecified atom stereocenters. The molecule has 5 nitrogen and oxygen atoms in total. The van der Waals surface area contributed by atoms with Crippen LogP contribution in [0.25, 0.3) is 0 Å². The van der Waals surface area contributed by atoms with Gasteiger partial charge in [-0.05, 0) is 84.4 Å². The van der Waals surface area contributed by atoms with Crippen molar-refractivity contribution < 1.29 is 12.8 Å². The minimum absolute atomic E-state index is 0.163. The highest BCUT2D eigenvalue weighted by Crippen LogP contribution is 2.32. The lowest BCUT2D eigenvalue weighted by atomic mass is 9.95. The van der Waals surface area contributed by atoms with E-state index in [2.05, 4.69) is 25.8 Å². The van der Waals surface area contributed by atoms with Crippen LogP contribution in [0.4, 0.5) is 10.2 Å². The summed E-state index contributed by atoms with van der Waals surface area (Å²) in [5, 5.41) is 4.29. The van der Waals surface area contributed by atoms with E-state index in [1.807, 2.05) is 34.6 Å². The summed E-state index contributed by atoms with van der Waals surface area (Å²) >= 11 is 3.35. The molecule has 0 spiro atoms. The molecule has 3 aromatic rings. The highest BCUT2D eigenvalue weighted by atomic mass is 79.9. The van der Waals surface area contributed by atoms with Crippen LogP contribution >= 0.6 is 15.9 Å². The van der Waals surface area contributed by atoms with E-state index < -0.39 is 10.0 Å². The molecule has 8 heteroatoms. The average molecular weight is 480 g/mol. The summed E-state index contributed by atoms with van der Waals surface area (Å²) < 4.78 is 44.8. The summed E-state index contributed by atoms with van der Waals surface area (Å²) in [5.74, 6) is -0.172. The van der Waals surface area contributed by atoms with Crippen LogP contribution in [-0.2, 0) is 16.6 Å². The van der Waals surface area contributed by atoms with E-state index in [-0.39, 0.29) is 23.1 Å². The van der Waals surface area contributed by atoms with E-state index >= 15 is 0 Å². The topological polar surface area (TPSA) is 64.0 Å². The van der Waals surface area contributed by atoms with Crippen molar-refractivity contribution in [3.8, 4) is 0 Å². The Kier molecular flexibility index (Phi) is 5.87. The average Bonchev–Trinajstić information content (AvgIpc) is 2.98. The molecule has 0 atom stereocenters. The smallest absolute Gasteiger partial charge is 0.263 e. The van der Waals surface area contributed by atoms with Gasteiger partial charge >= 0.3 is 0 Å². The predicted octanol–water partition coefficient (Wildman–Crippen LogP) is 5.18. The number of rotatable bonds is 5. The first kappa shape index (κ1) is 21.5. The van der Waals surface area contributed by atoms with E-state index in [1.54, 1.807) is 24.4 Å². The van der Waals surface area contributed by atoms with Gasteiger partial charge in [-0.25, -0.2) is 12.8 Å². The fraction of sp³-hybridized carbons (Fsp3) is 0.286. The normalized spacial score (nSPS) is 11.7. The molecule has 29 heavy (non-hydrogen) atoms. The van der Waals surface area contributed by atoms with Crippen molar-refractivity contribution >= 4 is 31.8 Å². The first-order valence-electron chi connectivity index (χ1n) is 9.09. The Hall–Kier alpha value is -2.19. The Morgan fingerprint density at radius 2 is 1.55 bits per heavy atom. The van der Waals surface area contributed by atoms with E-state index in [9.17, 15) is 12.8 Å². The third kappa shape index (κ3) is 4.09. The molecule has 0 aliphatic rings. The summed E-state index contributed by atoms with van der Waals surface area (Å²) in [6, 6.07) is 6.41. The second-order valence-electron chi connectivity index (χ2n) is 7.17. The molecule has 0 saturated heterocycles. The molecule has 0 saturated carbocycles. The third-order valence-corrected chi connectivity index (χ3v) is 7.63. The molecule has 2 aromatic carbocycles. The number of nitrogens with zero attached hydrogens (tertiary/aromatic N) is 2. The molecule has 0 amide bonds. The molecule has 3 rings (SSSR count). The van der Waals surface area contributed by atoms with E-state index in [4.69, 9.17) is 0 Å². The summed E-state index contributed by atoms with van der Waals surface area (Å²) in [6.45, 7) is 9.66. The number of halogens is 2. The Morgan fingerprint density at radius 1 is 1.00 bits per heavy atom. The van der Waals surface area contributed by atoms with Crippen molar-refractivity contribution in [1.82, 2.24) is 9.78 Å². The molecule has 0 bridgehead atoms. The maximum absolute atomic E-state index is 13.9. The number of hydrogen-bond acceptors (Lipinski definition) is 3. The number of hydrogen-bond donors (Lipinski definition) is 1. The Morgan fingerprint density at radius 3 is 2.14 bits per heavy atom. The van der Waals surface area contributed by atoms with Crippen molar-refractivity contribution in [3.63, 3.8) is 0 Å². The van der Waals surface area contributed by atoms with Gasteiger partial charge < -0.3 is 0 Å². The Labute approximate surface area is 179 Å². The monoisotopic (exact) mass is 479 g/mol. The zero-order valence-electron chi connectivity index (χ0n) is 17.0. The Balaban J connectivity index is 1.97. The molecule has 0 aliphatic carbocycles. The first-order chi connectivity index (χ1) is 13.5. The highest BCUT2D eigenvalue weighted by molar-refractivity contribution is 9.10. The van der Waals surface area contributed by atoms with Crippen molar-refractivity contribution in [2.45, 2.75) is 46.1 Å². The quantitative estimate of drug-likeness (QED) is 0.548. The van der Waals surface area contributed by atoms with Gasteiger partial charge in [0.25, 0.3) is 10.0 Å². The molecule has 0 aliphatic heterocycles. The lowest BCUT2D eigenvalue weighted by Gasteiger charge is -2.19. The van der Waals surface area contributed by atoms with Gasteiger partial charge in [-0.1, -0.05) is 18.2 Å². The van der Waals surface area contributed by atoms with Crippen molar-refractivity contribution in [2.24, 2.45) is 0 Å². The van der Waals surface area contributed by atoms with Gasteiger partial charge in [-0.3, -0.25) is 9.40 Å². The van der Waals surface area contributed by atoms with Crippen molar-refractivity contribution in [2.75, 3.05) is 4.72 Å². The van der Waals surface area contributed by atoms with Crippen LogP contribution < -0.4 is 4.72 Å². The second-order valence-corrected chi connectivity index (χ2v) is 9.65. The fourth-order valence-corrected chi connectivity index (χ4v) is 5.56. The standard InChI is InChI=1S/C21H23BrFN3O2S/c1-12-13(2)15(4)20(16(5)14(12)3)29(27,28)25-21-18(22)11-26(24-21)10-17-8-6-7-9-19(17)23/h6-9,11H,10H2,1-5H3,(H,24,25). The summed E-state index contributed by atoms with van der Waals surface area (Å²) in [6.07, 6.45) is 1.62. The summed E-state index contributed by atoms with van der Waals surface area (Å²) in [4.78, 5) is 0.272. The van der Waals surface area contributed by atoms with Crippen molar-refractivity contribution in [3.05, 3.63) is 74.1 Å². The number of benzene rings is 2. The summed E-state index contributed by atoms with van der Waals surface area (Å²) in [5.41, 5.74) is 4.91. The van der Waals surface area contributed by atoms with Gasteiger partial charge in [0.05, 0.1) is 15.9 Å². The van der Waals surface area contributed by atoms with E-state index in [0.717, 1.165) is 27.8 Å². The highest BCUT2D eigenvalue weighted by Gasteiger charge is 2.25. The first-order valence-corrected chi connectivity index (χ1v) is 11.4. The maximum Gasteiger partial charge on any atom is 0.263 e. The predicted molar refractivity (Wildman–Crippen MR) is 116 cm³/mol. The van der Waals surface area contributed by atoms with Crippen LogP contribution in [0.15, 0.2) is 39.8 Å². The van der Waals surface area contributed by atoms with Gasteiger partial charge in [-0.2, -0.15) is 5.10 Å². The van der Waals surface area contributed by atoms with Crippen LogP contribution in [0.5, 0.6) is 0 Å². The zero-order valence-corrected chi connectivity index (χ0v) is 19.4. The van der Waals surface area contributed by atoms with Crippen molar-refractivity contribution in [1.29, 1.82) is 0 Å². The third-order valence-electron chi connectivity index (χ3n) is 5.44. The van der Waals surface area contributed by atoms with Gasteiger partial charge in [-0.15, -0.1) is 0 Å². The van der Waals surface area contributed by atoms with E-state index in [0.29, 0.717) is 10.0 Å². The van der Waals surface area contributed by atoms with Crippen LogP contribution in [0, 0.1) is 40.4 Å². The minimum atomic E-state index is -3.86. The molecule has 1 N–H and O–H groups in total. The molecular formula is C21H23BrFN3O2S. The molecular weight excluding hydrogens is 457 g/mol. The van der Waals surface area contributed by atoms with Gasteiger partial charge in [0.15, 0.2) is 5.82 Å². The number of aromatic nitrogens is 2. The number of anilines is 1. The van der Waals surface area contributed by atoms with Gasteiger partial charge in [0, 0.05) is 11.8 Å². The van der Waals surface area contributed by atoms with E-state index in [1.165, 1.54) is 10.7 Å². The van der Waals surface area contributed by atoms with Gasteiger partial charge in [0.2, 0.25) is 0 Å². The molecule has 1 heterocycles.